The standard InChI is InChI=1S/C32H51N5O4S/c1-9-22(5)29(33)32(40)37(8)27(20(2)3)17-28(41-23(6)38)31-36-26(19-42-31)30(39)35-25(15-21(4)18-34-7)16-24-13-11-10-12-14-24/h10-14,19-22,25,27-29,34H,9,15-18,33H2,1-8H3,(H,35,39)/t21-,22-,25+,27+,28+,29-/m0/s1. The van der Waals surface area contributed by atoms with Crippen molar-refractivity contribution in [2.24, 2.45) is 23.5 Å². The molecule has 4 N–H and O–H groups in total. The van der Waals surface area contributed by atoms with Gasteiger partial charge in [0.25, 0.3) is 5.91 Å². The highest BCUT2D eigenvalue weighted by Gasteiger charge is 2.33. The van der Waals surface area contributed by atoms with Gasteiger partial charge in [0, 0.05) is 37.9 Å². The second-order valence-corrected chi connectivity index (χ2v) is 12.7. The molecule has 0 aliphatic rings. The number of hydrogen-bond donors (Lipinski definition) is 3. The van der Waals surface area contributed by atoms with Gasteiger partial charge in [-0.15, -0.1) is 11.3 Å². The highest BCUT2D eigenvalue weighted by molar-refractivity contribution is 7.09. The topological polar surface area (TPSA) is 127 Å². The number of esters is 1. The highest BCUT2D eigenvalue weighted by Crippen LogP contribution is 2.31. The fourth-order valence-electron chi connectivity index (χ4n) is 5.20. The summed E-state index contributed by atoms with van der Waals surface area (Å²) in [4.78, 5) is 45.0. The number of benzene rings is 1. The Morgan fingerprint density at radius 2 is 1.76 bits per heavy atom. The number of aromatic nitrogens is 1. The van der Waals surface area contributed by atoms with Gasteiger partial charge in [-0.2, -0.15) is 0 Å². The Morgan fingerprint density at radius 1 is 1.10 bits per heavy atom. The molecule has 0 aliphatic carbocycles. The maximum atomic E-state index is 13.4. The van der Waals surface area contributed by atoms with Crippen molar-refractivity contribution in [3.8, 4) is 0 Å². The number of likely N-dealkylation sites (N-methyl/N-ethyl adjacent to an activating group) is 1. The van der Waals surface area contributed by atoms with Crippen LogP contribution in [0.5, 0.6) is 0 Å². The van der Waals surface area contributed by atoms with E-state index in [1.807, 2.05) is 52.9 Å². The molecule has 2 aromatic rings. The average molecular weight is 602 g/mol. The maximum Gasteiger partial charge on any atom is 0.303 e. The number of hydrogen-bond acceptors (Lipinski definition) is 8. The van der Waals surface area contributed by atoms with E-state index in [0.29, 0.717) is 23.8 Å². The number of nitrogens with zero attached hydrogens (tertiary/aromatic N) is 2. The van der Waals surface area contributed by atoms with E-state index in [9.17, 15) is 14.4 Å². The van der Waals surface area contributed by atoms with E-state index in [-0.39, 0.29) is 41.4 Å². The Kier molecular flexibility index (Phi) is 14.6. The van der Waals surface area contributed by atoms with E-state index in [1.165, 1.54) is 18.3 Å². The van der Waals surface area contributed by atoms with E-state index in [0.717, 1.165) is 24.9 Å². The van der Waals surface area contributed by atoms with Crippen molar-refractivity contribution in [3.63, 3.8) is 0 Å². The van der Waals surface area contributed by atoms with Gasteiger partial charge >= 0.3 is 5.97 Å². The van der Waals surface area contributed by atoms with Crippen molar-refractivity contribution in [1.82, 2.24) is 20.5 Å². The number of amides is 2. The summed E-state index contributed by atoms with van der Waals surface area (Å²) in [6.07, 6.45) is 1.96. The van der Waals surface area contributed by atoms with Crippen LogP contribution in [0.1, 0.15) is 88.0 Å². The first-order chi connectivity index (χ1) is 19.9. The largest absolute Gasteiger partial charge is 0.455 e. The number of nitrogens with one attached hydrogen (secondary N) is 2. The van der Waals surface area contributed by atoms with Crippen LogP contribution in [0.25, 0.3) is 0 Å². The number of rotatable bonds is 17. The Morgan fingerprint density at radius 3 is 2.33 bits per heavy atom. The zero-order valence-electron chi connectivity index (χ0n) is 26.6. The molecule has 1 heterocycles. The van der Waals surface area contributed by atoms with Crippen LogP contribution >= 0.6 is 11.3 Å². The van der Waals surface area contributed by atoms with Crippen LogP contribution in [0.3, 0.4) is 0 Å². The molecule has 0 spiro atoms. The third-order valence-electron chi connectivity index (χ3n) is 7.85. The lowest BCUT2D eigenvalue weighted by Gasteiger charge is -2.35. The quantitative estimate of drug-likeness (QED) is 0.227. The van der Waals surface area contributed by atoms with Crippen molar-refractivity contribution in [2.75, 3.05) is 20.6 Å². The van der Waals surface area contributed by atoms with E-state index in [4.69, 9.17) is 10.5 Å². The first-order valence-corrected chi connectivity index (χ1v) is 15.9. The minimum Gasteiger partial charge on any atom is -0.455 e. The second kappa shape index (κ2) is 17.3. The van der Waals surface area contributed by atoms with Gasteiger partial charge in [-0.3, -0.25) is 14.4 Å². The smallest absolute Gasteiger partial charge is 0.303 e. The number of thiazole rings is 1. The summed E-state index contributed by atoms with van der Waals surface area (Å²) in [5, 5.41) is 8.63. The van der Waals surface area contributed by atoms with E-state index in [1.54, 1.807) is 17.3 Å². The van der Waals surface area contributed by atoms with Gasteiger partial charge in [0.2, 0.25) is 5.91 Å². The molecule has 2 rings (SSSR count). The minimum absolute atomic E-state index is 0.0454. The average Bonchev–Trinajstić information content (AvgIpc) is 3.44. The molecule has 0 saturated carbocycles. The van der Waals surface area contributed by atoms with Crippen molar-refractivity contribution in [2.45, 2.75) is 91.5 Å². The molecule has 2 amide bonds. The van der Waals surface area contributed by atoms with Crippen molar-refractivity contribution in [1.29, 1.82) is 0 Å². The Hall–Kier alpha value is -2.82. The number of nitrogens with two attached hydrogens (primary N) is 1. The third kappa shape index (κ3) is 10.8. The summed E-state index contributed by atoms with van der Waals surface area (Å²) >= 11 is 1.28. The molecule has 234 valence electrons. The Balaban J connectivity index is 2.25. The Bertz CT molecular complexity index is 1130. The fourth-order valence-corrected chi connectivity index (χ4v) is 6.04. The van der Waals surface area contributed by atoms with E-state index in [2.05, 4.69) is 34.7 Å². The third-order valence-corrected chi connectivity index (χ3v) is 8.79. The van der Waals surface area contributed by atoms with Gasteiger partial charge in [0.1, 0.15) is 10.7 Å². The summed E-state index contributed by atoms with van der Waals surface area (Å²) in [6.45, 7) is 12.4. The van der Waals surface area contributed by atoms with Crippen molar-refractivity contribution in [3.05, 3.63) is 52.0 Å². The van der Waals surface area contributed by atoms with Crippen LogP contribution in [-0.2, 0) is 20.7 Å². The molecule has 0 aliphatic heterocycles. The van der Waals surface area contributed by atoms with Gasteiger partial charge in [-0.25, -0.2) is 4.98 Å². The van der Waals surface area contributed by atoms with Gasteiger partial charge in [0.15, 0.2) is 6.10 Å². The molecular formula is C32H51N5O4S. The van der Waals surface area contributed by atoms with Crippen LogP contribution in [0.4, 0.5) is 0 Å². The molecule has 42 heavy (non-hydrogen) atoms. The summed E-state index contributed by atoms with van der Waals surface area (Å²) < 4.78 is 5.71. The first kappa shape index (κ1) is 35.4. The molecule has 1 aromatic heterocycles. The molecule has 0 unspecified atom stereocenters. The zero-order valence-corrected chi connectivity index (χ0v) is 27.4. The highest BCUT2D eigenvalue weighted by atomic mass is 32.1. The van der Waals surface area contributed by atoms with Gasteiger partial charge in [-0.05, 0) is 49.8 Å². The lowest BCUT2D eigenvalue weighted by atomic mass is 9.93. The lowest BCUT2D eigenvalue weighted by molar-refractivity contribution is -0.148. The molecule has 0 fully saturated rings. The molecule has 6 atom stereocenters. The van der Waals surface area contributed by atoms with Crippen LogP contribution in [0.15, 0.2) is 35.7 Å². The molecule has 0 radical (unpaired) electrons. The summed E-state index contributed by atoms with van der Waals surface area (Å²) in [5.74, 6) is -0.365. The number of carbonyl (C=O) groups excluding carboxylic acids is 3. The maximum absolute atomic E-state index is 13.4. The van der Waals surface area contributed by atoms with Crippen LogP contribution in [-0.4, -0.2) is 66.4 Å². The number of carbonyl (C=O) groups is 3. The van der Waals surface area contributed by atoms with Crippen molar-refractivity contribution >= 4 is 29.1 Å². The van der Waals surface area contributed by atoms with Crippen LogP contribution < -0.4 is 16.4 Å². The molecular weight excluding hydrogens is 550 g/mol. The van der Waals surface area contributed by atoms with Gasteiger partial charge in [0.05, 0.1) is 6.04 Å². The molecule has 0 saturated heterocycles. The molecule has 0 bridgehead atoms. The first-order valence-electron chi connectivity index (χ1n) is 15.0. The monoisotopic (exact) mass is 601 g/mol. The second-order valence-electron chi connectivity index (χ2n) is 11.8. The van der Waals surface area contributed by atoms with Crippen LogP contribution in [0.2, 0.25) is 0 Å². The normalized spacial score (nSPS) is 15.8. The van der Waals surface area contributed by atoms with E-state index < -0.39 is 18.1 Å². The summed E-state index contributed by atoms with van der Waals surface area (Å²) in [5.41, 5.74) is 7.71. The molecule has 9 nitrogen and oxygen atoms in total. The minimum atomic E-state index is -0.702. The fraction of sp³-hybridized carbons (Fsp3) is 0.625. The van der Waals surface area contributed by atoms with Crippen LogP contribution in [0, 0.1) is 17.8 Å². The lowest BCUT2D eigenvalue weighted by Crippen LogP contribution is -2.51. The number of ether oxygens (including phenoxy) is 1. The SMILES string of the molecule is CC[C@H](C)[C@H](N)C(=O)N(C)[C@H](C[C@@H](OC(C)=O)c1nc(C(=O)N[C@@H](Cc2ccccc2)C[C@H](C)CNC)cs1)C(C)C. The summed E-state index contributed by atoms with van der Waals surface area (Å²) in [6, 6.07) is 9.18. The predicted molar refractivity (Wildman–Crippen MR) is 169 cm³/mol. The molecule has 10 heteroatoms. The van der Waals surface area contributed by atoms with Gasteiger partial charge < -0.3 is 26.0 Å². The summed E-state index contributed by atoms with van der Waals surface area (Å²) in [7, 11) is 3.68. The van der Waals surface area contributed by atoms with Crippen molar-refractivity contribution < 1.29 is 19.1 Å². The Labute approximate surface area is 256 Å². The molecule has 1 aromatic carbocycles. The van der Waals surface area contributed by atoms with E-state index >= 15 is 0 Å². The zero-order chi connectivity index (χ0) is 31.4. The van der Waals surface area contributed by atoms with Gasteiger partial charge in [-0.1, -0.05) is 71.4 Å². The predicted octanol–water partition coefficient (Wildman–Crippen LogP) is 4.58.